The summed E-state index contributed by atoms with van der Waals surface area (Å²) in [5.74, 6) is 0.628. The molecular weight excluding hydrogens is 160 g/mol. The molecule has 0 unspecified atom stereocenters. The van der Waals surface area contributed by atoms with Gasteiger partial charge in [0.05, 0.1) is 13.7 Å². The van der Waals surface area contributed by atoms with E-state index in [0.717, 1.165) is 0 Å². The third-order valence-electron chi connectivity index (χ3n) is 1.34. The third-order valence-corrected chi connectivity index (χ3v) is 1.34. The van der Waals surface area contributed by atoms with Crippen molar-refractivity contribution in [1.29, 1.82) is 0 Å². The van der Waals surface area contributed by atoms with Crippen molar-refractivity contribution in [1.82, 2.24) is 20.1 Å². The second-order valence-corrected chi connectivity index (χ2v) is 2.26. The number of H-pyrrole nitrogens is 1. The number of hydrogen-bond acceptors (Lipinski definition) is 4. The highest BCUT2D eigenvalue weighted by Gasteiger charge is 2.09. The molecule has 0 saturated heterocycles. The van der Waals surface area contributed by atoms with Gasteiger partial charge in [0.25, 0.3) is 0 Å². The van der Waals surface area contributed by atoms with Crippen molar-refractivity contribution in [2.45, 2.75) is 6.54 Å². The Morgan fingerprint density at radius 1 is 1.83 bits per heavy atom. The van der Waals surface area contributed by atoms with E-state index in [1.807, 2.05) is 0 Å². The summed E-state index contributed by atoms with van der Waals surface area (Å²) < 4.78 is 4.49. The lowest BCUT2D eigenvalue weighted by molar-refractivity contribution is 0.130. The number of methoxy groups -OCH3 is 1. The van der Waals surface area contributed by atoms with E-state index in [1.165, 1.54) is 18.3 Å². The molecule has 0 fully saturated rings. The normalized spacial score (nSPS) is 9.50. The standard InChI is InChI=1S/C6H10N4O2/c1-10(6(11)12-2)3-5-7-4-8-9-5/h4H,3H2,1-2H3,(H,7,8,9). The summed E-state index contributed by atoms with van der Waals surface area (Å²) in [4.78, 5) is 16.1. The molecule has 0 spiro atoms. The summed E-state index contributed by atoms with van der Waals surface area (Å²) in [6, 6.07) is 0. The lowest BCUT2D eigenvalue weighted by atomic mass is 10.5. The molecule has 1 aromatic heterocycles. The van der Waals surface area contributed by atoms with Crippen molar-refractivity contribution in [3.8, 4) is 0 Å². The van der Waals surface area contributed by atoms with Crippen LogP contribution in [0.15, 0.2) is 6.33 Å². The van der Waals surface area contributed by atoms with E-state index < -0.39 is 6.09 Å². The first-order chi connectivity index (χ1) is 5.74. The molecule has 1 amide bonds. The minimum absolute atomic E-state index is 0.368. The molecule has 0 aliphatic rings. The minimum atomic E-state index is -0.397. The summed E-state index contributed by atoms with van der Waals surface area (Å²) in [5, 5.41) is 6.28. The van der Waals surface area contributed by atoms with E-state index in [1.54, 1.807) is 7.05 Å². The van der Waals surface area contributed by atoms with Crippen LogP contribution in [0.25, 0.3) is 0 Å². The van der Waals surface area contributed by atoms with Gasteiger partial charge in [-0.25, -0.2) is 9.78 Å². The number of carbonyl (C=O) groups excluding carboxylic acids is 1. The Hall–Kier alpha value is -1.59. The molecule has 6 nitrogen and oxygen atoms in total. The Morgan fingerprint density at radius 2 is 2.58 bits per heavy atom. The van der Waals surface area contributed by atoms with Crippen molar-refractivity contribution in [2.75, 3.05) is 14.2 Å². The second kappa shape index (κ2) is 3.70. The van der Waals surface area contributed by atoms with Crippen LogP contribution < -0.4 is 0 Å². The topological polar surface area (TPSA) is 71.1 Å². The zero-order valence-corrected chi connectivity index (χ0v) is 6.94. The molecule has 0 radical (unpaired) electrons. The van der Waals surface area contributed by atoms with E-state index in [2.05, 4.69) is 19.9 Å². The molecule has 1 aromatic rings. The van der Waals surface area contributed by atoms with Gasteiger partial charge in [-0.3, -0.25) is 5.10 Å². The summed E-state index contributed by atoms with van der Waals surface area (Å²) in [6.45, 7) is 0.368. The maximum absolute atomic E-state index is 10.9. The number of nitrogens with one attached hydrogen (secondary N) is 1. The quantitative estimate of drug-likeness (QED) is 0.678. The number of aromatic nitrogens is 3. The predicted molar refractivity (Wildman–Crippen MR) is 40.3 cm³/mol. The van der Waals surface area contributed by atoms with Gasteiger partial charge in [0.2, 0.25) is 0 Å². The van der Waals surface area contributed by atoms with Gasteiger partial charge in [-0.1, -0.05) is 0 Å². The lowest BCUT2D eigenvalue weighted by Crippen LogP contribution is -2.26. The zero-order valence-electron chi connectivity index (χ0n) is 6.94. The Kier molecular flexibility index (Phi) is 2.62. The number of ether oxygens (including phenoxy) is 1. The predicted octanol–water partition coefficient (Wildman–Crippen LogP) is 0.00290. The maximum atomic E-state index is 10.9. The van der Waals surface area contributed by atoms with Crippen LogP contribution in [0.5, 0.6) is 0 Å². The molecule has 1 rings (SSSR count). The SMILES string of the molecule is COC(=O)N(C)Cc1ncn[nH]1. The van der Waals surface area contributed by atoms with Gasteiger partial charge in [0.1, 0.15) is 12.2 Å². The number of rotatable bonds is 2. The average molecular weight is 170 g/mol. The molecule has 12 heavy (non-hydrogen) atoms. The van der Waals surface area contributed by atoms with Crippen molar-refractivity contribution in [3.63, 3.8) is 0 Å². The van der Waals surface area contributed by atoms with Crippen molar-refractivity contribution in [3.05, 3.63) is 12.2 Å². The molecule has 0 aliphatic carbocycles. The van der Waals surface area contributed by atoms with Gasteiger partial charge in [-0.15, -0.1) is 0 Å². The van der Waals surface area contributed by atoms with Crippen LogP contribution in [0, 0.1) is 0 Å². The Labute approximate surface area is 69.5 Å². The fraction of sp³-hybridized carbons (Fsp3) is 0.500. The highest BCUT2D eigenvalue weighted by Crippen LogP contribution is 1.95. The van der Waals surface area contributed by atoms with Crippen molar-refractivity contribution < 1.29 is 9.53 Å². The molecule has 0 aromatic carbocycles. The fourth-order valence-electron chi connectivity index (χ4n) is 0.752. The summed E-state index contributed by atoms with van der Waals surface area (Å²) >= 11 is 0. The van der Waals surface area contributed by atoms with Crippen LogP contribution in [-0.2, 0) is 11.3 Å². The summed E-state index contributed by atoms with van der Waals surface area (Å²) in [6.07, 6.45) is 0.992. The van der Waals surface area contributed by atoms with E-state index in [9.17, 15) is 4.79 Å². The smallest absolute Gasteiger partial charge is 0.409 e. The molecule has 66 valence electrons. The minimum Gasteiger partial charge on any atom is -0.453 e. The van der Waals surface area contributed by atoms with E-state index in [-0.39, 0.29) is 0 Å². The second-order valence-electron chi connectivity index (χ2n) is 2.26. The highest BCUT2D eigenvalue weighted by molar-refractivity contribution is 5.66. The van der Waals surface area contributed by atoms with E-state index in [4.69, 9.17) is 0 Å². The number of hydrogen-bond donors (Lipinski definition) is 1. The van der Waals surface area contributed by atoms with Gasteiger partial charge < -0.3 is 9.64 Å². The van der Waals surface area contributed by atoms with Crippen molar-refractivity contribution >= 4 is 6.09 Å². The molecule has 0 atom stereocenters. The molecule has 6 heteroatoms. The van der Waals surface area contributed by atoms with Crippen LogP contribution >= 0.6 is 0 Å². The first-order valence-electron chi connectivity index (χ1n) is 3.37. The Balaban J connectivity index is 2.47. The van der Waals surface area contributed by atoms with Gasteiger partial charge in [0.15, 0.2) is 0 Å². The monoisotopic (exact) mass is 170 g/mol. The van der Waals surface area contributed by atoms with Crippen LogP contribution in [0.1, 0.15) is 5.82 Å². The van der Waals surface area contributed by atoms with E-state index in [0.29, 0.717) is 12.4 Å². The molecule has 0 saturated carbocycles. The number of aromatic amines is 1. The molecule has 1 heterocycles. The fourth-order valence-corrected chi connectivity index (χ4v) is 0.752. The van der Waals surface area contributed by atoms with Crippen LogP contribution in [0.4, 0.5) is 4.79 Å². The number of carbonyl (C=O) groups is 1. The van der Waals surface area contributed by atoms with Gasteiger partial charge in [-0.2, -0.15) is 5.10 Å². The first kappa shape index (κ1) is 8.51. The Bertz CT molecular complexity index is 246. The van der Waals surface area contributed by atoms with Gasteiger partial charge in [-0.05, 0) is 0 Å². The molecular formula is C6H10N4O2. The van der Waals surface area contributed by atoms with Gasteiger partial charge >= 0.3 is 6.09 Å². The molecule has 0 bridgehead atoms. The Morgan fingerprint density at radius 3 is 3.08 bits per heavy atom. The molecule has 0 aliphatic heterocycles. The maximum Gasteiger partial charge on any atom is 0.409 e. The number of nitrogens with zero attached hydrogens (tertiary/aromatic N) is 3. The largest absolute Gasteiger partial charge is 0.453 e. The van der Waals surface area contributed by atoms with Gasteiger partial charge in [0, 0.05) is 7.05 Å². The summed E-state index contributed by atoms with van der Waals surface area (Å²) in [7, 11) is 2.95. The van der Waals surface area contributed by atoms with Crippen molar-refractivity contribution in [2.24, 2.45) is 0 Å². The highest BCUT2D eigenvalue weighted by atomic mass is 16.5. The van der Waals surface area contributed by atoms with Crippen LogP contribution in [0.3, 0.4) is 0 Å². The molecule has 1 N–H and O–H groups in total. The first-order valence-corrected chi connectivity index (χ1v) is 3.37. The third kappa shape index (κ3) is 1.94. The van der Waals surface area contributed by atoms with E-state index >= 15 is 0 Å². The zero-order chi connectivity index (χ0) is 8.97. The van der Waals surface area contributed by atoms with Crippen LogP contribution in [-0.4, -0.2) is 40.3 Å². The summed E-state index contributed by atoms with van der Waals surface area (Å²) in [5.41, 5.74) is 0. The van der Waals surface area contributed by atoms with Crippen LogP contribution in [0.2, 0.25) is 0 Å². The average Bonchev–Trinajstić information content (AvgIpc) is 2.55. The number of amides is 1. The lowest BCUT2D eigenvalue weighted by Gasteiger charge is -2.12.